The number of hydrogen-bond acceptors (Lipinski definition) is 3. The number of benzene rings is 5. The molecule has 180 valence electrons. The molecule has 0 spiro atoms. The number of oxazole rings is 1. The van der Waals surface area contributed by atoms with E-state index < -0.39 is 0 Å². The summed E-state index contributed by atoms with van der Waals surface area (Å²) in [5, 5.41) is 2.39. The second-order valence-electron chi connectivity index (χ2n) is 9.16. The third kappa shape index (κ3) is 3.94. The Morgan fingerprint density at radius 1 is 0.474 bits per heavy atom. The Kier molecular flexibility index (Phi) is 5.69. The normalized spacial score (nSPS) is 11.2. The van der Waals surface area contributed by atoms with Crippen LogP contribution in [0, 0.1) is 0 Å². The van der Waals surface area contributed by atoms with Gasteiger partial charge in [0, 0.05) is 26.8 Å². The maximum atomic E-state index is 6.34. The molecule has 0 aliphatic rings. The minimum absolute atomic E-state index is 0.634. The zero-order chi connectivity index (χ0) is 25.3. The average Bonchev–Trinajstić information content (AvgIpc) is 3.64. The molecule has 0 atom stereocenters. The molecule has 0 N–H and O–H groups in total. The van der Waals surface area contributed by atoms with Crippen molar-refractivity contribution in [3.8, 4) is 54.8 Å². The molecular weight excluding hydrogens is 482 g/mol. The second-order valence-corrected chi connectivity index (χ2v) is 10.2. The van der Waals surface area contributed by atoms with Gasteiger partial charge in [-0.3, -0.25) is 0 Å². The Labute approximate surface area is 225 Å². The van der Waals surface area contributed by atoms with Gasteiger partial charge in [-0.15, -0.1) is 11.3 Å². The van der Waals surface area contributed by atoms with Gasteiger partial charge in [0.2, 0.25) is 5.89 Å². The van der Waals surface area contributed by atoms with Gasteiger partial charge in [-0.1, -0.05) is 121 Å². The molecule has 3 heteroatoms. The zero-order valence-electron chi connectivity index (χ0n) is 20.5. The zero-order valence-corrected chi connectivity index (χ0v) is 21.4. The molecule has 0 aliphatic heterocycles. The summed E-state index contributed by atoms with van der Waals surface area (Å²) in [6, 6.07) is 46.6. The lowest BCUT2D eigenvalue weighted by molar-refractivity contribution is 0.590. The van der Waals surface area contributed by atoms with Crippen LogP contribution in [0.15, 0.2) is 144 Å². The predicted molar refractivity (Wildman–Crippen MR) is 159 cm³/mol. The van der Waals surface area contributed by atoms with Gasteiger partial charge >= 0.3 is 0 Å². The van der Waals surface area contributed by atoms with Crippen LogP contribution in [-0.2, 0) is 0 Å². The first-order valence-electron chi connectivity index (χ1n) is 12.6. The molecule has 2 nitrogen and oxygen atoms in total. The molecule has 0 radical (unpaired) electrons. The van der Waals surface area contributed by atoms with Gasteiger partial charge in [0.25, 0.3) is 0 Å². The van der Waals surface area contributed by atoms with Crippen LogP contribution in [0.2, 0.25) is 0 Å². The number of fused-ring (bicyclic) bond motifs is 1. The number of aromatic nitrogens is 1. The van der Waals surface area contributed by atoms with Crippen LogP contribution in [0.1, 0.15) is 0 Å². The number of thiophene rings is 1. The van der Waals surface area contributed by atoms with Crippen molar-refractivity contribution in [3.63, 3.8) is 0 Å². The Morgan fingerprint density at radius 2 is 0.974 bits per heavy atom. The third-order valence-corrected chi connectivity index (χ3v) is 8.09. The van der Waals surface area contributed by atoms with Gasteiger partial charge in [0.15, 0.2) is 5.76 Å². The highest BCUT2D eigenvalue weighted by atomic mass is 32.1. The fraction of sp³-hybridized carbons (Fsp3) is 0. The lowest BCUT2D eigenvalue weighted by Crippen LogP contribution is -1.89. The molecule has 0 aliphatic carbocycles. The summed E-state index contributed by atoms with van der Waals surface area (Å²) in [6.07, 6.45) is 1.85. The lowest BCUT2D eigenvalue weighted by atomic mass is 9.90. The van der Waals surface area contributed by atoms with Crippen LogP contribution >= 0.6 is 11.3 Å². The molecule has 0 saturated heterocycles. The van der Waals surface area contributed by atoms with Crippen molar-refractivity contribution in [1.29, 1.82) is 0 Å². The van der Waals surface area contributed by atoms with E-state index in [9.17, 15) is 0 Å². The summed E-state index contributed by atoms with van der Waals surface area (Å²) in [7, 11) is 0. The fourth-order valence-electron chi connectivity index (χ4n) is 5.07. The summed E-state index contributed by atoms with van der Waals surface area (Å²) in [5.74, 6) is 1.42. The van der Waals surface area contributed by atoms with Crippen molar-refractivity contribution >= 4 is 22.1 Å². The predicted octanol–water partition coefficient (Wildman–Crippen LogP) is 10.2. The molecule has 0 unspecified atom stereocenters. The SMILES string of the molecule is c1ccc(-c2ncc(-c3sc(-c4c(-c5ccccc5)cccc4-c4ccccc4)c4ccccc34)o2)cc1. The van der Waals surface area contributed by atoms with Gasteiger partial charge in [0.1, 0.15) is 0 Å². The Balaban J connectivity index is 1.49. The lowest BCUT2D eigenvalue weighted by Gasteiger charge is -2.15. The van der Waals surface area contributed by atoms with E-state index in [0.717, 1.165) is 16.2 Å². The standard InChI is InChI=1S/C35H23NOS/c1-4-13-24(14-5-1)27-21-12-22-28(25-15-6-2-7-16-25)32(27)34-30-20-11-10-19-29(30)33(38-34)31-23-36-35(37-31)26-17-8-3-9-18-26/h1-23H. The molecule has 7 rings (SSSR count). The minimum atomic E-state index is 0.634. The molecule has 2 heterocycles. The van der Waals surface area contributed by atoms with Gasteiger partial charge in [-0.25, -0.2) is 4.98 Å². The number of hydrogen-bond donors (Lipinski definition) is 0. The third-order valence-electron chi connectivity index (χ3n) is 6.83. The van der Waals surface area contributed by atoms with Crippen LogP contribution in [0.5, 0.6) is 0 Å². The molecule has 7 aromatic rings. The summed E-state index contributed by atoms with van der Waals surface area (Å²) in [5.41, 5.74) is 7.04. The van der Waals surface area contributed by atoms with Crippen LogP contribution in [0.25, 0.3) is 65.6 Å². The Morgan fingerprint density at radius 3 is 1.55 bits per heavy atom. The topological polar surface area (TPSA) is 26.0 Å². The Hall–Kier alpha value is -4.73. The van der Waals surface area contributed by atoms with Gasteiger partial charge in [-0.05, 0) is 34.4 Å². The summed E-state index contributed by atoms with van der Waals surface area (Å²) in [6.45, 7) is 0. The van der Waals surface area contributed by atoms with E-state index in [1.807, 2.05) is 36.5 Å². The monoisotopic (exact) mass is 505 g/mol. The van der Waals surface area contributed by atoms with Crippen LogP contribution in [-0.4, -0.2) is 4.98 Å². The smallest absolute Gasteiger partial charge is 0.226 e. The summed E-state index contributed by atoms with van der Waals surface area (Å²) in [4.78, 5) is 6.94. The van der Waals surface area contributed by atoms with Gasteiger partial charge < -0.3 is 4.42 Å². The summed E-state index contributed by atoms with van der Waals surface area (Å²) >= 11 is 1.77. The van der Waals surface area contributed by atoms with E-state index in [1.54, 1.807) is 11.3 Å². The average molecular weight is 506 g/mol. The van der Waals surface area contributed by atoms with Crippen molar-refractivity contribution in [3.05, 3.63) is 140 Å². The first kappa shape index (κ1) is 22.5. The van der Waals surface area contributed by atoms with Gasteiger partial charge in [-0.2, -0.15) is 0 Å². The molecular formula is C35H23NOS. The minimum Gasteiger partial charge on any atom is -0.435 e. The highest BCUT2D eigenvalue weighted by Crippen LogP contribution is 2.50. The molecule has 38 heavy (non-hydrogen) atoms. The summed E-state index contributed by atoms with van der Waals surface area (Å²) < 4.78 is 6.34. The van der Waals surface area contributed by atoms with E-state index in [-0.39, 0.29) is 0 Å². The maximum Gasteiger partial charge on any atom is 0.226 e. The van der Waals surface area contributed by atoms with E-state index in [1.165, 1.54) is 43.5 Å². The first-order valence-corrected chi connectivity index (χ1v) is 13.5. The first-order chi connectivity index (χ1) is 18.9. The van der Waals surface area contributed by atoms with E-state index in [4.69, 9.17) is 4.42 Å². The van der Waals surface area contributed by atoms with Crippen LogP contribution < -0.4 is 0 Å². The molecule has 5 aromatic carbocycles. The highest BCUT2D eigenvalue weighted by molar-refractivity contribution is 7.21. The van der Waals surface area contributed by atoms with Crippen molar-refractivity contribution in [1.82, 2.24) is 4.98 Å². The molecule has 0 amide bonds. The van der Waals surface area contributed by atoms with Crippen LogP contribution in [0.3, 0.4) is 0 Å². The molecule has 0 fully saturated rings. The van der Waals surface area contributed by atoms with Crippen molar-refractivity contribution in [2.24, 2.45) is 0 Å². The molecule has 0 bridgehead atoms. The van der Waals surface area contributed by atoms with E-state index in [2.05, 4.69) is 108 Å². The largest absolute Gasteiger partial charge is 0.435 e. The quantitative estimate of drug-likeness (QED) is 0.233. The molecule has 2 aromatic heterocycles. The highest BCUT2D eigenvalue weighted by Gasteiger charge is 2.22. The van der Waals surface area contributed by atoms with Crippen molar-refractivity contribution in [2.45, 2.75) is 0 Å². The number of rotatable bonds is 5. The molecule has 0 saturated carbocycles. The van der Waals surface area contributed by atoms with Crippen molar-refractivity contribution in [2.75, 3.05) is 0 Å². The van der Waals surface area contributed by atoms with Crippen LogP contribution in [0.4, 0.5) is 0 Å². The Bertz CT molecular complexity index is 1790. The fourth-order valence-corrected chi connectivity index (χ4v) is 6.36. The second kappa shape index (κ2) is 9.62. The number of nitrogens with zero attached hydrogens (tertiary/aromatic N) is 1. The van der Waals surface area contributed by atoms with Gasteiger partial charge in [0.05, 0.1) is 11.1 Å². The van der Waals surface area contributed by atoms with E-state index >= 15 is 0 Å². The van der Waals surface area contributed by atoms with E-state index in [0.29, 0.717) is 5.89 Å². The van der Waals surface area contributed by atoms with Crippen molar-refractivity contribution < 1.29 is 4.42 Å². The maximum absolute atomic E-state index is 6.34.